The van der Waals surface area contributed by atoms with Gasteiger partial charge >= 0.3 is 0 Å². The number of fused-ring (bicyclic) bond motifs is 1. The topological polar surface area (TPSA) is 42.2 Å². The molecule has 18 heavy (non-hydrogen) atoms. The zero-order valence-electron chi connectivity index (χ0n) is 10.8. The van der Waals surface area contributed by atoms with E-state index in [1.165, 1.54) is 24.8 Å². The molecule has 1 N–H and O–H groups in total. The summed E-state index contributed by atoms with van der Waals surface area (Å²) in [4.78, 5) is 12.3. The summed E-state index contributed by atoms with van der Waals surface area (Å²) in [7, 11) is 0. The Morgan fingerprint density at radius 3 is 2.83 bits per heavy atom. The average Bonchev–Trinajstić information content (AvgIpc) is 2.89. The van der Waals surface area contributed by atoms with E-state index < -0.39 is 0 Å². The number of aryl methyl sites for hydroxylation is 1. The molecular weight excluding hydrogens is 226 g/mol. The van der Waals surface area contributed by atoms with Crippen molar-refractivity contribution in [3.63, 3.8) is 0 Å². The molecule has 1 heterocycles. The molecule has 1 unspecified atom stereocenters. The monoisotopic (exact) mass is 247 g/mol. The van der Waals surface area contributed by atoms with Crippen molar-refractivity contribution in [2.75, 3.05) is 0 Å². The van der Waals surface area contributed by atoms with Crippen LogP contribution in [0.1, 0.15) is 62.3 Å². The van der Waals surface area contributed by atoms with E-state index in [9.17, 15) is 4.79 Å². The molecule has 0 radical (unpaired) electrons. The van der Waals surface area contributed by atoms with Gasteiger partial charge in [-0.25, -0.2) is 0 Å². The van der Waals surface area contributed by atoms with Crippen LogP contribution in [0, 0.1) is 5.92 Å². The molecule has 2 aliphatic carbocycles. The number of furan rings is 1. The molecule has 0 bridgehead atoms. The second-order valence-electron chi connectivity index (χ2n) is 5.59. The van der Waals surface area contributed by atoms with Gasteiger partial charge in [-0.15, -0.1) is 0 Å². The molecule has 0 aromatic carbocycles. The van der Waals surface area contributed by atoms with Gasteiger partial charge in [0.05, 0.1) is 12.3 Å². The quantitative estimate of drug-likeness (QED) is 0.870. The highest BCUT2D eigenvalue weighted by Crippen LogP contribution is 2.31. The Kier molecular flexibility index (Phi) is 3.39. The fourth-order valence-corrected chi connectivity index (χ4v) is 3.29. The van der Waals surface area contributed by atoms with Crippen LogP contribution in [0.4, 0.5) is 0 Å². The molecule has 0 aliphatic heterocycles. The van der Waals surface area contributed by atoms with Gasteiger partial charge in [0.2, 0.25) is 5.91 Å². The molecule has 1 amide bonds. The van der Waals surface area contributed by atoms with Crippen LogP contribution in [0.2, 0.25) is 0 Å². The van der Waals surface area contributed by atoms with Crippen LogP contribution in [0.3, 0.4) is 0 Å². The number of rotatable bonds is 2. The molecule has 0 spiro atoms. The summed E-state index contributed by atoms with van der Waals surface area (Å²) in [5.41, 5.74) is 1.20. The Balaban J connectivity index is 1.65. The first-order valence-corrected chi connectivity index (χ1v) is 7.21. The average molecular weight is 247 g/mol. The molecule has 1 aromatic rings. The summed E-state index contributed by atoms with van der Waals surface area (Å²) >= 11 is 0. The smallest absolute Gasteiger partial charge is 0.223 e. The van der Waals surface area contributed by atoms with Crippen LogP contribution in [-0.2, 0) is 11.2 Å². The molecule has 2 aliphatic rings. The van der Waals surface area contributed by atoms with E-state index in [0.717, 1.165) is 37.9 Å². The van der Waals surface area contributed by atoms with E-state index in [4.69, 9.17) is 4.42 Å². The van der Waals surface area contributed by atoms with Crippen molar-refractivity contribution in [2.24, 2.45) is 5.92 Å². The van der Waals surface area contributed by atoms with Crippen molar-refractivity contribution in [2.45, 2.75) is 57.4 Å². The van der Waals surface area contributed by atoms with Crippen LogP contribution >= 0.6 is 0 Å². The van der Waals surface area contributed by atoms with Crippen molar-refractivity contribution >= 4 is 5.91 Å². The first kappa shape index (κ1) is 11.8. The summed E-state index contributed by atoms with van der Waals surface area (Å²) in [6, 6.07) is 2.20. The van der Waals surface area contributed by atoms with Crippen LogP contribution in [-0.4, -0.2) is 5.91 Å². The molecule has 1 saturated carbocycles. The Morgan fingerprint density at radius 1 is 1.17 bits per heavy atom. The van der Waals surface area contributed by atoms with Gasteiger partial charge in [0, 0.05) is 17.9 Å². The fraction of sp³-hybridized carbons (Fsp3) is 0.667. The van der Waals surface area contributed by atoms with Crippen molar-refractivity contribution in [1.82, 2.24) is 5.32 Å². The predicted molar refractivity (Wildman–Crippen MR) is 69.1 cm³/mol. The van der Waals surface area contributed by atoms with Crippen molar-refractivity contribution < 1.29 is 9.21 Å². The van der Waals surface area contributed by atoms with Crippen molar-refractivity contribution in [3.8, 4) is 0 Å². The molecule has 0 saturated heterocycles. The highest BCUT2D eigenvalue weighted by Gasteiger charge is 2.27. The normalized spacial score (nSPS) is 24.6. The largest absolute Gasteiger partial charge is 0.469 e. The lowest BCUT2D eigenvalue weighted by Crippen LogP contribution is -2.36. The fourth-order valence-electron chi connectivity index (χ4n) is 3.29. The first-order chi connectivity index (χ1) is 8.84. The number of carbonyl (C=O) groups is 1. The lowest BCUT2D eigenvalue weighted by molar-refractivity contribution is -0.126. The summed E-state index contributed by atoms with van der Waals surface area (Å²) in [5, 5.41) is 3.23. The maximum Gasteiger partial charge on any atom is 0.223 e. The third-order valence-electron chi connectivity index (χ3n) is 4.34. The van der Waals surface area contributed by atoms with Gasteiger partial charge in [-0.2, -0.15) is 0 Å². The Morgan fingerprint density at radius 2 is 2.00 bits per heavy atom. The zero-order valence-corrected chi connectivity index (χ0v) is 10.8. The molecule has 1 fully saturated rings. The van der Waals surface area contributed by atoms with Gasteiger partial charge in [-0.3, -0.25) is 4.79 Å². The summed E-state index contributed by atoms with van der Waals surface area (Å²) in [5.74, 6) is 1.57. The minimum Gasteiger partial charge on any atom is -0.469 e. The Labute approximate surface area is 108 Å². The van der Waals surface area contributed by atoms with E-state index >= 15 is 0 Å². The van der Waals surface area contributed by atoms with Crippen molar-refractivity contribution in [1.29, 1.82) is 0 Å². The number of nitrogens with one attached hydrogen (secondary N) is 1. The Hall–Kier alpha value is -1.25. The highest BCUT2D eigenvalue weighted by atomic mass is 16.3. The van der Waals surface area contributed by atoms with Crippen LogP contribution < -0.4 is 5.32 Å². The molecule has 3 nitrogen and oxygen atoms in total. The summed E-state index contributed by atoms with van der Waals surface area (Å²) in [6.07, 6.45) is 10.8. The second-order valence-corrected chi connectivity index (χ2v) is 5.59. The number of carbonyl (C=O) groups excluding carboxylic acids is 1. The number of amides is 1. The van der Waals surface area contributed by atoms with E-state index in [1.54, 1.807) is 6.26 Å². The first-order valence-electron chi connectivity index (χ1n) is 7.21. The van der Waals surface area contributed by atoms with Gasteiger partial charge in [-0.05, 0) is 31.7 Å². The van der Waals surface area contributed by atoms with E-state index in [2.05, 4.69) is 5.32 Å². The third-order valence-corrected chi connectivity index (χ3v) is 4.34. The van der Waals surface area contributed by atoms with E-state index in [1.807, 2.05) is 6.07 Å². The lowest BCUT2D eigenvalue weighted by atomic mass is 9.87. The highest BCUT2D eigenvalue weighted by molar-refractivity contribution is 5.79. The van der Waals surface area contributed by atoms with Crippen LogP contribution in [0.15, 0.2) is 16.7 Å². The summed E-state index contributed by atoms with van der Waals surface area (Å²) < 4.78 is 5.46. The minimum absolute atomic E-state index is 0.182. The van der Waals surface area contributed by atoms with Gasteiger partial charge < -0.3 is 9.73 Å². The molecule has 1 aromatic heterocycles. The predicted octanol–water partition coefficient (Wildman–Crippen LogP) is 3.35. The Bertz CT molecular complexity index is 418. The van der Waals surface area contributed by atoms with Gasteiger partial charge in [0.15, 0.2) is 0 Å². The maximum atomic E-state index is 12.3. The van der Waals surface area contributed by atoms with Gasteiger partial charge in [-0.1, -0.05) is 19.3 Å². The molecule has 3 heteroatoms. The molecule has 98 valence electrons. The van der Waals surface area contributed by atoms with Gasteiger partial charge in [0.25, 0.3) is 0 Å². The molecular formula is C15H21NO2. The van der Waals surface area contributed by atoms with Crippen LogP contribution in [0.5, 0.6) is 0 Å². The molecule has 3 rings (SSSR count). The maximum absolute atomic E-state index is 12.3. The van der Waals surface area contributed by atoms with Crippen LogP contribution in [0.25, 0.3) is 0 Å². The standard InChI is InChI=1S/C15H21NO2/c17-15(11-5-2-1-3-6-11)16-13-7-4-8-14-12(13)9-10-18-14/h9-11,13H,1-8H2,(H,16,17). The second kappa shape index (κ2) is 5.17. The van der Waals surface area contributed by atoms with Crippen molar-refractivity contribution in [3.05, 3.63) is 23.7 Å². The SMILES string of the molecule is O=C(NC1CCCc2occc21)C1CCCCC1. The minimum atomic E-state index is 0.182. The zero-order chi connectivity index (χ0) is 12.4. The van der Waals surface area contributed by atoms with E-state index in [-0.39, 0.29) is 17.9 Å². The van der Waals surface area contributed by atoms with E-state index in [0.29, 0.717) is 0 Å². The molecule has 1 atom stereocenters. The lowest BCUT2D eigenvalue weighted by Gasteiger charge is -2.27. The number of hydrogen-bond donors (Lipinski definition) is 1. The number of hydrogen-bond acceptors (Lipinski definition) is 2. The van der Waals surface area contributed by atoms with Gasteiger partial charge in [0.1, 0.15) is 5.76 Å². The third kappa shape index (κ3) is 2.31. The summed E-state index contributed by atoms with van der Waals surface area (Å²) in [6.45, 7) is 0.